The maximum Gasteiger partial charge on any atom is 0.259 e. The number of hydrogen-bond acceptors (Lipinski definition) is 6. The molecule has 3 rings (SSSR count). The van der Waals surface area contributed by atoms with Crippen molar-refractivity contribution >= 4 is 5.91 Å². The second-order valence-electron chi connectivity index (χ2n) is 8.92. The molecular formula is C26H36N2O5. The van der Waals surface area contributed by atoms with Crippen LogP contribution >= 0.6 is 0 Å². The number of likely N-dealkylation sites (tertiary alicyclic amines) is 1. The summed E-state index contributed by atoms with van der Waals surface area (Å²) in [5, 5.41) is 0. The molecule has 1 fully saturated rings. The van der Waals surface area contributed by atoms with Crippen LogP contribution in [0.25, 0.3) is 0 Å². The zero-order valence-corrected chi connectivity index (χ0v) is 20.4. The molecular weight excluding hydrogens is 420 g/mol. The fraction of sp³-hybridized carbons (Fsp3) is 0.538. The number of aromatic nitrogens is 1. The van der Waals surface area contributed by atoms with Crippen molar-refractivity contribution in [3.05, 3.63) is 59.4 Å². The molecule has 0 radical (unpaired) electrons. The molecule has 33 heavy (non-hydrogen) atoms. The summed E-state index contributed by atoms with van der Waals surface area (Å²) < 4.78 is 22.0. The van der Waals surface area contributed by atoms with E-state index < -0.39 is 5.60 Å². The van der Waals surface area contributed by atoms with Crippen LogP contribution in [-0.4, -0.2) is 62.3 Å². The molecule has 1 aromatic heterocycles. The molecule has 7 heteroatoms. The van der Waals surface area contributed by atoms with Crippen LogP contribution in [0, 0.1) is 5.92 Å². The summed E-state index contributed by atoms with van der Waals surface area (Å²) >= 11 is 0. The zero-order chi connectivity index (χ0) is 23.8. The van der Waals surface area contributed by atoms with Gasteiger partial charge in [-0.25, -0.2) is 0 Å². The van der Waals surface area contributed by atoms with Crippen molar-refractivity contribution in [1.82, 2.24) is 9.88 Å². The molecule has 2 atom stereocenters. The van der Waals surface area contributed by atoms with Crippen molar-refractivity contribution in [1.29, 1.82) is 0 Å². The number of amides is 1. The average molecular weight is 457 g/mol. The number of para-hydroxylation sites is 1. The molecule has 7 nitrogen and oxygen atoms in total. The molecule has 0 unspecified atom stereocenters. The Kier molecular flexibility index (Phi) is 8.83. The van der Waals surface area contributed by atoms with Gasteiger partial charge in [0.2, 0.25) is 0 Å². The van der Waals surface area contributed by atoms with Crippen molar-refractivity contribution < 1.29 is 23.7 Å². The lowest BCUT2D eigenvalue weighted by Crippen LogP contribution is -2.76. The number of β-lactam (4-membered cyclic amide) rings is 1. The van der Waals surface area contributed by atoms with Crippen LogP contribution in [0.15, 0.2) is 42.6 Å². The molecule has 0 aliphatic carbocycles. The fourth-order valence-electron chi connectivity index (χ4n) is 4.57. The summed E-state index contributed by atoms with van der Waals surface area (Å²) in [6.45, 7) is 4.59. The van der Waals surface area contributed by atoms with Gasteiger partial charge in [0.15, 0.2) is 5.60 Å². The Labute approximate surface area is 197 Å². The molecule has 2 aromatic rings. The largest absolute Gasteiger partial charge is 0.496 e. The van der Waals surface area contributed by atoms with E-state index in [1.807, 2.05) is 30.5 Å². The number of carbonyl (C=O) groups excluding carboxylic acids is 1. The highest BCUT2D eigenvalue weighted by atomic mass is 16.7. The van der Waals surface area contributed by atoms with Crippen LogP contribution in [0.5, 0.6) is 5.75 Å². The average Bonchev–Trinajstić information content (AvgIpc) is 2.83. The van der Waals surface area contributed by atoms with Crippen LogP contribution in [0.1, 0.15) is 37.1 Å². The van der Waals surface area contributed by atoms with E-state index in [0.29, 0.717) is 12.3 Å². The molecule has 2 heterocycles. The maximum absolute atomic E-state index is 13.3. The summed E-state index contributed by atoms with van der Waals surface area (Å²) in [6, 6.07) is 12.1. The first-order valence-corrected chi connectivity index (χ1v) is 11.4. The fourth-order valence-corrected chi connectivity index (χ4v) is 4.57. The molecule has 1 aliphatic rings. The number of methoxy groups -OCH3 is 3. The van der Waals surface area contributed by atoms with E-state index >= 15 is 0 Å². The van der Waals surface area contributed by atoms with E-state index in [1.165, 1.54) is 5.56 Å². The third kappa shape index (κ3) is 5.72. The van der Waals surface area contributed by atoms with E-state index in [2.05, 4.69) is 31.0 Å². The number of aryl methyl sites for hydroxylation is 2. The predicted octanol–water partition coefficient (Wildman–Crippen LogP) is 3.64. The van der Waals surface area contributed by atoms with Crippen molar-refractivity contribution in [2.45, 2.75) is 51.2 Å². The van der Waals surface area contributed by atoms with E-state index in [9.17, 15) is 4.79 Å². The topological polar surface area (TPSA) is 70.1 Å². The Morgan fingerprint density at radius 2 is 1.88 bits per heavy atom. The van der Waals surface area contributed by atoms with Crippen LogP contribution < -0.4 is 4.74 Å². The predicted molar refractivity (Wildman–Crippen MR) is 126 cm³/mol. The Bertz CT molecular complexity index is 919. The van der Waals surface area contributed by atoms with Crippen LogP contribution in [0.3, 0.4) is 0 Å². The SMILES string of the molecule is COCO[C@@]1(Cc2cc(CCc3ccccc3OC)ccn2)C(=O)N(COC)[C@H]1CC(C)C. The molecule has 180 valence electrons. The van der Waals surface area contributed by atoms with E-state index in [1.54, 1.807) is 26.2 Å². The van der Waals surface area contributed by atoms with Crippen LogP contribution in [0.2, 0.25) is 0 Å². The van der Waals surface area contributed by atoms with Crippen LogP contribution in [-0.2, 0) is 38.3 Å². The van der Waals surface area contributed by atoms with Gasteiger partial charge in [0.05, 0.1) is 13.2 Å². The van der Waals surface area contributed by atoms with E-state index in [0.717, 1.165) is 36.3 Å². The lowest BCUT2D eigenvalue weighted by atomic mass is 9.74. The number of pyridine rings is 1. The lowest BCUT2D eigenvalue weighted by molar-refractivity contribution is -0.235. The van der Waals surface area contributed by atoms with E-state index in [4.69, 9.17) is 18.9 Å². The lowest BCUT2D eigenvalue weighted by Gasteiger charge is -2.55. The Hall–Kier alpha value is -2.48. The van der Waals surface area contributed by atoms with Gasteiger partial charge in [-0.2, -0.15) is 0 Å². The molecule has 1 aliphatic heterocycles. The van der Waals surface area contributed by atoms with Crippen molar-refractivity contribution in [2.24, 2.45) is 5.92 Å². The third-order valence-electron chi connectivity index (χ3n) is 6.13. The second kappa shape index (κ2) is 11.6. The zero-order valence-electron chi connectivity index (χ0n) is 20.4. The summed E-state index contributed by atoms with van der Waals surface area (Å²) in [5.41, 5.74) is 2.17. The number of rotatable bonds is 13. The normalized spacial score (nSPS) is 20.2. The van der Waals surface area contributed by atoms with Gasteiger partial charge < -0.3 is 23.8 Å². The van der Waals surface area contributed by atoms with Gasteiger partial charge >= 0.3 is 0 Å². The summed E-state index contributed by atoms with van der Waals surface area (Å²) in [5.74, 6) is 1.22. The Morgan fingerprint density at radius 1 is 1.09 bits per heavy atom. The number of benzene rings is 1. The summed E-state index contributed by atoms with van der Waals surface area (Å²) in [4.78, 5) is 19.6. The van der Waals surface area contributed by atoms with E-state index in [-0.39, 0.29) is 25.5 Å². The molecule has 0 spiro atoms. The minimum Gasteiger partial charge on any atom is -0.496 e. The molecule has 1 aromatic carbocycles. The van der Waals surface area contributed by atoms with Gasteiger partial charge in [-0.1, -0.05) is 32.0 Å². The maximum atomic E-state index is 13.3. The van der Waals surface area contributed by atoms with Gasteiger partial charge in [0, 0.05) is 32.5 Å². The number of carbonyl (C=O) groups is 1. The van der Waals surface area contributed by atoms with Crippen molar-refractivity contribution in [2.75, 3.05) is 34.9 Å². The molecule has 0 N–H and O–H groups in total. The number of ether oxygens (including phenoxy) is 4. The Balaban J connectivity index is 1.80. The van der Waals surface area contributed by atoms with Gasteiger partial charge in [0.1, 0.15) is 19.3 Å². The van der Waals surface area contributed by atoms with Gasteiger partial charge in [-0.15, -0.1) is 0 Å². The minimum atomic E-state index is -0.993. The van der Waals surface area contributed by atoms with Gasteiger partial charge in [0.25, 0.3) is 5.91 Å². The summed E-state index contributed by atoms with van der Waals surface area (Å²) in [7, 11) is 4.86. The smallest absolute Gasteiger partial charge is 0.259 e. The molecule has 1 amide bonds. The first-order chi connectivity index (χ1) is 15.9. The van der Waals surface area contributed by atoms with Crippen molar-refractivity contribution in [3.8, 4) is 5.75 Å². The van der Waals surface area contributed by atoms with Crippen molar-refractivity contribution in [3.63, 3.8) is 0 Å². The molecule has 1 saturated heterocycles. The van der Waals surface area contributed by atoms with Gasteiger partial charge in [-0.3, -0.25) is 9.78 Å². The number of nitrogens with zero attached hydrogens (tertiary/aromatic N) is 2. The Morgan fingerprint density at radius 3 is 2.58 bits per heavy atom. The number of hydrogen-bond donors (Lipinski definition) is 0. The first-order valence-electron chi connectivity index (χ1n) is 11.4. The third-order valence-corrected chi connectivity index (χ3v) is 6.13. The monoisotopic (exact) mass is 456 g/mol. The highest BCUT2D eigenvalue weighted by molar-refractivity contribution is 5.93. The first kappa shape index (κ1) is 25.1. The van der Waals surface area contributed by atoms with Crippen LogP contribution in [0.4, 0.5) is 0 Å². The summed E-state index contributed by atoms with van der Waals surface area (Å²) in [6.07, 6.45) is 4.72. The minimum absolute atomic E-state index is 0.0502. The van der Waals surface area contributed by atoms with Gasteiger partial charge in [-0.05, 0) is 54.5 Å². The second-order valence-corrected chi connectivity index (χ2v) is 8.92. The standard InChI is InChI=1S/C26H36N2O5/c1-19(2)14-24-26(33-18-31-4,25(29)28(24)17-30-3)16-22-15-20(12-13-27-22)10-11-21-8-6-7-9-23(21)32-5/h6-9,12-13,15,19,24H,10-11,14,16-18H2,1-5H3/t24-,26+/m0/s1. The quantitative estimate of drug-likeness (QED) is 0.339. The highest BCUT2D eigenvalue weighted by Gasteiger charge is 2.61. The molecule has 0 saturated carbocycles. The highest BCUT2D eigenvalue weighted by Crippen LogP contribution is 2.40. The molecule has 0 bridgehead atoms.